The average Bonchev–Trinajstić information content (AvgIpc) is 2.44. The minimum absolute atomic E-state index is 0.00847. The number of thioether (sulfide) groups is 1. The Bertz CT molecular complexity index is 469. The standard InChI is InChI=1S/C16H21Cl2NOS/c1-2-15(21-14-6-4-3-5-7-14)16(20)19-13-9-11(17)8-12(18)10-13/h8-10,14-15H,2-7H2,1H3,(H,19,20). The Morgan fingerprint density at radius 2 is 1.86 bits per heavy atom. The molecule has 1 unspecified atom stereocenters. The van der Waals surface area contributed by atoms with Crippen molar-refractivity contribution in [3.05, 3.63) is 28.2 Å². The number of hydrogen-bond acceptors (Lipinski definition) is 2. The van der Waals surface area contributed by atoms with Crippen LogP contribution in [0, 0.1) is 0 Å². The number of rotatable bonds is 5. The Kier molecular flexibility index (Phi) is 6.72. The molecule has 21 heavy (non-hydrogen) atoms. The third-order valence-electron chi connectivity index (χ3n) is 3.70. The highest BCUT2D eigenvalue weighted by molar-refractivity contribution is 8.01. The van der Waals surface area contributed by atoms with Gasteiger partial charge in [0.2, 0.25) is 5.91 Å². The van der Waals surface area contributed by atoms with Crippen molar-refractivity contribution < 1.29 is 4.79 Å². The Labute approximate surface area is 141 Å². The predicted molar refractivity (Wildman–Crippen MR) is 93.6 cm³/mol. The summed E-state index contributed by atoms with van der Waals surface area (Å²) in [5.41, 5.74) is 0.667. The van der Waals surface area contributed by atoms with Gasteiger partial charge in [0.25, 0.3) is 0 Å². The van der Waals surface area contributed by atoms with Crippen molar-refractivity contribution in [3.8, 4) is 0 Å². The van der Waals surface area contributed by atoms with Crippen LogP contribution < -0.4 is 5.32 Å². The topological polar surface area (TPSA) is 29.1 Å². The zero-order chi connectivity index (χ0) is 15.2. The highest BCUT2D eigenvalue weighted by atomic mass is 35.5. The maximum absolute atomic E-state index is 12.4. The molecule has 1 saturated carbocycles. The summed E-state index contributed by atoms with van der Waals surface area (Å²) in [6.07, 6.45) is 7.22. The lowest BCUT2D eigenvalue weighted by Gasteiger charge is -2.25. The van der Waals surface area contributed by atoms with Crippen LogP contribution in [0.25, 0.3) is 0 Å². The third kappa shape index (κ3) is 5.39. The minimum atomic E-state index is -0.00847. The number of nitrogens with one attached hydrogen (secondary N) is 1. The van der Waals surface area contributed by atoms with Crippen molar-refractivity contribution in [1.29, 1.82) is 0 Å². The van der Waals surface area contributed by atoms with E-state index in [1.807, 2.05) is 11.8 Å². The molecule has 1 aliphatic carbocycles. The number of anilines is 1. The van der Waals surface area contributed by atoms with Crippen LogP contribution in [0.15, 0.2) is 18.2 Å². The van der Waals surface area contributed by atoms with E-state index in [2.05, 4.69) is 12.2 Å². The fraction of sp³-hybridized carbons (Fsp3) is 0.562. The summed E-state index contributed by atoms with van der Waals surface area (Å²) in [6.45, 7) is 2.06. The van der Waals surface area contributed by atoms with Crippen molar-refractivity contribution in [1.82, 2.24) is 0 Å². The molecule has 116 valence electrons. The SMILES string of the molecule is CCC(SC1CCCCC1)C(=O)Nc1cc(Cl)cc(Cl)c1. The molecule has 1 amide bonds. The number of halogens is 2. The Hall–Kier alpha value is -0.380. The van der Waals surface area contributed by atoms with Gasteiger partial charge in [-0.05, 0) is 37.5 Å². The summed E-state index contributed by atoms with van der Waals surface area (Å²) in [5.74, 6) is 0.0476. The van der Waals surface area contributed by atoms with Crippen LogP contribution in [0.4, 0.5) is 5.69 Å². The highest BCUT2D eigenvalue weighted by Crippen LogP contribution is 2.33. The van der Waals surface area contributed by atoms with Crippen LogP contribution in [0.5, 0.6) is 0 Å². The summed E-state index contributed by atoms with van der Waals surface area (Å²) in [5, 5.41) is 4.62. The van der Waals surface area contributed by atoms with Crippen LogP contribution in [-0.4, -0.2) is 16.4 Å². The van der Waals surface area contributed by atoms with Crippen molar-refractivity contribution in [3.63, 3.8) is 0 Å². The zero-order valence-electron chi connectivity index (χ0n) is 12.2. The minimum Gasteiger partial charge on any atom is -0.325 e. The molecule has 0 bridgehead atoms. The van der Waals surface area contributed by atoms with Gasteiger partial charge in [-0.25, -0.2) is 0 Å². The molecule has 1 atom stereocenters. The lowest BCUT2D eigenvalue weighted by atomic mass is 10.0. The van der Waals surface area contributed by atoms with Crippen molar-refractivity contribution in [2.45, 2.75) is 55.9 Å². The van der Waals surface area contributed by atoms with E-state index in [4.69, 9.17) is 23.2 Å². The lowest BCUT2D eigenvalue weighted by molar-refractivity contribution is -0.115. The molecule has 1 aliphatic rings. The third-order valence-corrected chi connectivity index (χ3v) is 5.87. The van der Waals surface area contributed by atoms with E-state index in [1.165, 1.54) is 32.1 Å². The van der Waals surface area contributed by atoms with E-state index in [0.717, 1.165) is 6.42 Å². The number of amides is 1. The van der Waals surface area contributed by atoms with Gasteiger partial charge in [-0.2, -0.15) is 0 Å². The fourth-order valence-electron chi connectivity index (χ4n) is 2.63. The molecule has 2 nitrogen and oxygen atoms in total. The molecule has 1 aromatic carbocycles. The summed E-state index contributed by atoms with van der Waals surface area (Å²) in [7, 11) is 0. The first-order chi connectivity index (χ1) is 10.1. The van der Waals surface area contributed by atoms with E-state index in [-0.39, 0.29) is 11.2 Å². The highest BCUT2D eigenvalue weighted by Gasteiger charge is 2.23. The van der Waals surface area contributed by atoms with Gasteiger partial charge in [0.15, 0.2) is 0 Å². The van der Waals surface area contributed by atoms with Gasteiger partial charge in [-0.1, -0.05) is 49.4 Å². The lowest BCUT2D eigenvalue weighted by Crippen LogP contribution is -2.27. The second-order valence-corrected chi connectivity index (χ2v) is 7.82. The smallest absolute Gasteiger partial charge is 0.237 e. The molecule has 1 N–H and O–H groups in total. The summed E-state index contributed by atoms with van der Waals surface area (Å²) < 4.78 is 0. The van der Waals surface area contributed by atoms with Crippen LogP contribution in [0.2, 0.25) is 10.0 Å². The Morgan fingerprint density at radius 1 is 1.24 bits per heavy atom. The van der Waals surface area contributed by atoms with Gasteiger partial charge >= 0.3 is 0 Å². The first kappa shape index (κ1) is 17.0. The van der Waals surface area contributed by atoms with Gasteiger partial charge in [-0.15, -0.1) is 11.8 Å². The van der Waals surface area contributed by atoms with Crippen LogP contribution in [0.3, 0.4) is 0 Å². The first-order valence-electron chi connectivity index (χ1n) is 7.51. The van der Waals surface area contributed by atoms with Gasteiger partial charge in [0.1, 0.15) is 0 Å². The number of hydrogen-bond donors (Lipinski definition) is 1. The van der Waals surface area contributed by atoms with Gasteiger partial charge in [0.05, 0.1) is 5.25 Å². The number of carbonyl (C=O) groups excluding carboxylic acids is 1. The van der Waals surface area contributed by atoms with Crippen LogP contribution in [-0.2, 0) is 4.79 Å². The van der Waals surface area contributed by atoms with E-state index < -0.39 is 0 Å². The number of carbonyl (C=O) groups is 1. The second-order valence-electron chi connectivity index (χ2n) is 5.44. The van der Waals surface area contributed by atoms with Gasteiger partial charge < -0.3 is 5.32 Å². The second kappa shape index (κ2) is 8.30. The molecule has 1 fully saturated rings. The van der Waals surface area contributed by atoms with E-state index in [0.29, 0.717) is 21.0 Å². The molecule has 0 spiro atoms. The molecule has 2 rings (SSSR count). The molecule has 5 heteroatoms. The fourth-order valence-corrected chi connectivity index (χ4v) is 4.60. The van der Waals surface area contributed by atoms with Gasteiger partial charge in [0, 0.05) is 21.0 Å². The van der Waals surface area contributed by atoms with Gasteiger partial charge in [-0.3, -0.25) is 4.79 Å². The van der Waals surface area contributed by atoms with Crippen molar-refractivity contribution in [2.75, 3.05) is 5.32 Å². The molecule has 0 radical (unpaired) electrons. The van der Waals surface area contributed by atoms with Crippen LogP contribution >= 0.6 is 35.0 Å². The summed E-state index contributed by atoms with van der Waals surface area (Å²) >= 11 is 13.7. The molecule has 0 saturated heterocycles. The average molecular weight is 346 g/mol. The zero-order valence-corrected chi connectivity index (χ0v) is 14.5. The Balaban J connectivity index is 1.95. The molecular weight excluding hydrogens is 325 g/mol. The monoisotopic (exact) mass is 345 g/mol. The van der Waals surface area contributed by atoms with E-state index >= 15 is 0 Å². The summed E-state index contributed by atoms with van der Waals surface area (Å²) in [4.78, 5) is 12.4. The van der Waals surface area contributed by atoms with Crippen LogP contribution in [0.1, 0.15) is 45.4 Å². The maximum Gasteiger partial charge on any atom is 0.237 e. The maximum atomic E-state index is 12.4. The van der Waals surface area contributed by atoms with E-state index in [1.54, 1.807) is 18.2 Å². The van der Waals surface area contributed by atoms with E-state index in [9.17, 15) is 4.79 Å². The van der Waals surface area contributed by atoms with Crippen molar-refractivity contribution in [2.24, 2.45) is 0 Å². The Morgan fingerprint density at radius 3 is 2.43 bits per heavy atom. The normalized spacial score (nSPS) is 17.5. The quantitative estimate of drug-likeness (QED) is 0.732. The first-order valence-corrected chi connectivity index (χ1v) is 9.20. The molecule has 0 aliphatic heterocycles. The largest absolute Gasteiger partial charge is 0.325 e. The molecule has 0 heterocycles. The molecule has 0 aromatic heterocycles. The molecule has 1 aromatic rings. The molecular formula is C16H21Cl2NOS. The summed E-state index contributed by atoms with van der Waals surface area (Å²) in [6, 6.07) is 5.11. The predicted octanol–water partition coefficient (Wildman–Crippen LogP) is 5.78. The number of benzene rings is 1. The van der Waals surface area contributed by atoms with Crippen molar-refractivity contribution >= 4 is 46.6 Å².